The standard InChI is InChI=1S/C15H11BrFN3O3S2/c16-10-3-4-12(11(17)6-10)20-25(21,22)13-5-9(7-24-13)15-19-18-14(23-15)8-1-2-8/h3-8,20H,1-2H2. The summed E-state index contributed by atoms with van der Waals surface area (Å²) in [5.74, 6) is 0.529. The molecule has 0 amide bonds. The summed E-state index contributed by atoms with van der Waals surface area (Å²) in [6.45, 7) is 0. The summed E-state index contributed by atoms with van der Waals surface area (Å²) in [5, 5.41) is 9.56. The van der Waals surface area contributed by atoms with Crippen LogP contribution < -0.4 is 4.72 Å². The van der Waals surface area contributed by atoms with E-state index in [1.807, 2.05) is 0 Å². The van der Waals surface area contributed by atoms with Gasteiger partial charge >= 0.3 is 0 Å². The monoisotopic (exact) mass is 443 g/mol. The van der Waals surface area contributed by atoms with Gasteiger partial charge in [0.05, 0.1) is 11.3 Å². The molecule has 10 heteroatoms. The van der Waals surface area contributed by atoms with Crippen molar-refractivity contribution in [3.05, 3.63) is 45.8 Å². The van der Waals surface area contributed by atoms with Crippen LogP contribution in [0.15, 0.2) is 42.7 Å². The van der Waals surface area contributed by atoms with Crippen LogP contribution in [0.2, 0.25) is 0 Å². The van der Waals surface area contributed by atoms with E-state index >= 15 is 0 Å². The third-order valence-electron chi connectivity index (χ3n) is 3.63. The van der Waals surface area contributed by atoms with E-state index in [1.54, 1.807) is 11.4 Å². The fraction of sp³-hybridized carbons (Fsp3) is 0.200. The molecule has 1 N–H and O–H groups in total. The summed E-state index contributed by atoms with van der Waals surface area (Å²) in [6, 6.07) is 5.54. The Hall–Kier alpha value is -1.78. The van der Waals surface area contributed by atoms with Crippen molar-refractivity contribution in [2.24, 2.45) is 0 Å². The van der Waals surface area contributed by atoms with Gasteiger partial charge in [-0.15, -0.1) is 21.5 Å². The second-order valence-corrected chi connectivity index (χ2v) is 9.34. The van der Waals surface area contributed by atoms with Gasteiger partial charge in [0.1, 0.15) is 10.0 Å². The summed E-state index contributed by atoms with van der Waals surface area (Å²) < 4.78 is 47.2. The highest BCUT2D eigenvalue weighted by atomic mass is 79.9. The average molecular weight is 444 g/mol. The van der Waals surface area contributed by atoms with E-state index in [0.717, 1.165) is 24.2 Å². The maximum Gasteiger partial charge on any atom is 0.271 e. The summed E-state index contributed by atoms with van der Waals surface area (Å²) in [7, 11) is -3.91. The highest BCUT2D eigenvalue weighted by Gasteiger charge is 2.30. The highest BCUT2D eigenvalue weighted by molar-refractivity contribution is 9.10. The number of hydrogen-bond donors (Lipinski definition) is 1. The molecular weight excluding hydrogens is 433 g/mol. The molecule has 1 aromatic carbocycles. The molecular formula is C15H11BrFN3O3S2. The molecule has 0 spiro atoms. The molecule has 6 nitrogen and oxygen atoms in total. The first-order chi connectivity index (χ1) is 11.9. The van der Waals surface area contributed by atoms with Gasteiger partial charge < -0.3 is 4.42 Å². The maximum absolute atomic E-state index is 13.9. The molecule has 25 heavy (non-hydrogen) atoms. The van der Waals surface area contributed by atoms with Crippen LogP contribution >= 0.6 is 27.3 Å². The highest BCUT2D eigenvalue weighted by Crippen LogP contribution is 2.40. The number of hydrogen-bond acceptors (Lipinski definition) is 6. The summed E-state index contributed by atoms with van der Waals surface area (Å²) in [4.78, 5) is 0. The second-order valence-electron chi connectivity index (χ2n) is 5.60. The largest absolute Gasteiger partial charge is 0.420 e. The van der Waals surface area contributed by atoms with Crippen LogP contribution in [-0.4, -0.2) is 18.6 Å². The number of nitrogens with zero attached hydrogens (tertiary/aromatic N) is 2. The Labute approximate surface area is 155 Å². The van der Waals surface area contributed by atoms with Crippen molar-refractivity contribution in [2.45, 2.75) is 23.0 Å². The van der Waals surface area contributed by atoms with E-state index in [9.17, 15) is 12.8 Å². The molecule has 4 rings (SSSR count). The smallest absolute Gasteiger partial charge is 0.271 e. The van der Waals surface area contributed by atoms with E-state index in [2.05, 4.69) is 30.8 Å². The van der Waals surface area contributed by atoms with Crippen LogP contribution in [0, 0.1) is 5.82 Å². The predicted molar refractivity (Wildman–Crippen MR) is 94.5 cm³/mol. The number of rotatable bonds is 5. The Balaban J connectivity index is 1.59. The molecule has 3 aromatic rings. The molecule has 0 saturated heterocycles. The van der Waals surface area contributed by atoms with Crippen LogP contribution in [-0.2, 0) is 10.0 Å². The lowest BCUT2D eigenvalue weighted by molar-refractivity contribution is 0.508. The zero-order valence-corrected chi connectivity index (χ0v) is 15.8. The maximum atomic E-state index is 13.9. The van der Waals surface area contributed by atoms with Crippen molar-refractivity contribution in [3.8, 4) is 11.5 Å². The second kappa shape index (κ2) is 6.19. The minimum absolute atomic E-state index is 0.0380. The normalized spacial score (nSPS) is 14.6. The van der Waals surface area contributed by atoms with E-state index in [-0.39, 0.29) is 15.8 Å². The van der Waals surface area contributed by atoms with Crippen LogP contribution in [0.4, 0.5) is 10.1 Å². The van der Waals surface area contributed by atoms with Gasteiger partial charge in [-0.2, -0.15) is 0 Å². The van der Waals surface area contributed by atoms with Crippen LogP contribution in [0.25, 0.3) is 11.5 Å². The van der Waals surface area contributed by atoms with Crippen molar-refractivity contribution >= 4 is 43.0 Å². The summed E-state index contributed by atoms with van der Waals surface area (Å²) >= 11 is 4.13. The zero-order chi connectivity index (χ0) is 17.6. The number of halogens is 2. The minimum Gasteiger partial charge on any atom is -0.420 e. The van der Waals surface area contributed by atoms with Crippen molar-refractivity contribution in [1.29, 1.82) is 0 Å². The Bertz CT molecular complexity index is 1040. The number of aromatic nitrogens is 2. The number of anilines is 1. The predicted octanol–water partition coefficient (Wildman–Crippen LogP) is 4.38. The van der Waals surface area contributed by atoms with Crippen LogP contribution in [0.3, 0.4) is 0 Å². The third kappa shape index (κ3) is 3.46. The number of benzene rings is 1. The Morgan fingerprint density at radius 1 is 1.28 bits per heavy atom. The molecule has 0 atom stereocenters. The van der Waals surface area contributed by atoms with E-state index < -0.39 is 15.8 Å². The van der Waals surface area contributed by atoms with Gasteiger partial charge in [-0.25, -0.2) is 12.8 Å². The van der Waals surface area contributed by atoms with Gasteiger partial charge in [-0.05, 0) is 37.1 Å². The van der Waals surface area contributed by atoms with Crippen molar-refractivity contribution in [2.75, 3.05) is 4.72 Å². The minimum atomic E-state index is -3.91. The first kappa shape index (κ1) is 16.7. The Morgan fingerprint density at radius 3 is 2.80 bits per heavy atom. The topological polar surface area (TPSA) is 85.1 Å². The molecule has 1 fully saturated rings. The van der Waals surface area contributed by atoms with Crippen molar-refractivity contribution in [3.63, 3.8) is 0 Å². The molecule has 1 aliphatic carbocycles. The average Bonchev–Trinajstić information content (AvgIpc) is 3.09. The number of nitrogens with one attached hydrogen (secondary N) is 1. The molecule has 2 heterocycles. The molecule has 2 aromatic heterocycles. The fourth-order valence-corrected chi connectivity index (χ4v) is 4.74. The van der Waals surface area contributed by atoms with E-state index in [1.165, 1.54) is 18.2 Å². The molecule has 0 unspecified atom stereocenters. The molecule has 1 saturated carbocycles. The van der Waals surface area contributed by atoms with Gasteiger partial charge in [0.2, 0.25) is 11.8 Å². The van der Waals surface area contributed by atoms with Crippen molar-refractivity contribution < 1.29 is 17.2 Å². The lowest BCUT2D eigenvalue weighted by Gasteiger charge is -2.07. The molecule has 0 radical (unpaired) electrons. The molecule has 0 aliphatic heterocycles. The summed E-state index contributed by atoms with van der Waals surface area (Å²) in [5.41, 5.74) is 0.410. The van der Waals surface area contributed by atoms with Gasteiger partial charge in [-0.1, -0.05) is 15.9 Å². The van der Waals surface area contributed by atoms with Gasteiger partial charge in [0, 0.05) is 15.8 Å². The third-order valence-corrected chi connectivity index (χ3v) is 6.93. The lowest BCUT2D eigenvalue weighted by atomic mass is 10.3. The lowest BCUT2D eigenvalue weighted by Crippen LogP contribution is -2.12. The number of thiophene rings is 1. The van der Waals surface area contributed by atoms with Gasteiger partial charge in [-0.3, -0.25) is 4.72 Å². The number of sulfonamides is 1. The molecule has 1 aliphatic rings. The van der Waals surface area contributed by atoms with Gasteiger partial charge in [0.25, 0.3) is 10.0 Å². The molecule has 130 valence electrons. The Kier molecular flexibility index (Phi) is 4.13. The van der Waals surface area contributed by atoms with E-state index in [4.69, 9.17) is 4.42 Å². The Morgan fingerprint density at radius 2 is 2.08 bits per heavy atom. The van der Waals surface area contributed by atoms with Crippen molar-refractivity contribution in [1.82, 2.24) is 10.2 Å². The zero-order valence-electron chi connectivity index (χ0n) is 12.6. The van der Waals surface area contributed by atoms with Gasteiger partial charge in [0.15, 0.2) is 0 Å². The molecule has 0 bridgehead atoms. The quantitative estimate of drug-likeness (QED) is 0.632. The fourth-order valence-electron chi connectivity index (χ4n) is 2.18. The first-order valence-corrected chi connectivity index (χ1v) is 10.5. The summed E-state index contributed by atoms with van der Waals surface area (Å²) in [6.07, 6.45) is 2.07. The van der Waals surface area contributed by atoms with Crippen LogP contribution in [0.5, 0.6) is 0 Å². The first-order valence-electron chi connectivity index (χ1n) is 7.32. The van der Waals surface area contributed by atoms with E-state index in [0.29, 0.717) is 21.8 Å². The van der Waals surface area contributed by atoms with Crippen LogP contribution in [0.1, 0.15) is 24.7 Å². The SMILES string of the molecule is O=S(=O)(Nc1ccc(Br)cc1F)c1cc(-c2nnc(C3CC3)o2)cs1.